The van der Waals surface area contributed by atoms with E-state index in [2.05, 4.69) is 20.6 Å². The first-order valence-corrected chi connectivity index (χ1v) is 14.5. The number of thiazole rings is 1. The quantitative estimate of drug-likeness (QED) is 0.255. The van der Waals surface area contributed by atoms with Crippen LogP contribution < -0.4 is 15.5 Å². The predicted octanol–water partition coefficient (Wildman–Crippen LogP) is 5.57. The van der Waals surface area contributed by atoms with Gasteiger partial charge in [-0.05, 0) is 36.4 Å². The Morgan fingerprint density at radius 1 is 0.933 bits per heavy atom. The number of para-hydroxylation sites is 1. The fourth-order valence-corrected chi connectivity index (χ4v) is 5.62. The van der Waals surface area contributed by atoms with Gasteiger partial charge >= 0.3 is 12.2 Å². The van der Waals surface area contributed by atoms with Crippen LogP contribution in [0.5, 0.6) is 0 Å². The Kier molecular flexibility index (Phi) is 9.27. The van der Waals surface area contributed by atoms with Crippen LogP contribution in [0.1, 0.15) is 30.7 Å². The van der Waals surface area contributed by atoms with Crippen molar-refractivity contribution in [3.63, 3.8) is 0 Å². The highest BCUT2D eigenvalue weighted by atomic mass is 32.1. The Labute approximate surface area is 259 Å². The molecule has 0 bridgehead atoms. The maximum absolute atomic E-state index is 13.9. The third-order valence-electron chi connectivity index (χ3n) is 6.90. The number of nitrogens with one attached hydrogen (secondary N) is 2. The van der Waals surface area contributed by atoms with Gasteiger partial charge in [0.1, 0.15) is 21.5 Å². The number of nitrogens with zero attached hydrogens (tertiary/aromatic N) is 5. The van der Waals surface area contributed by atoms with E-state index >= 15 is 0 Å². The van der Waals surface area contributed by atoms with Crippen LogP contribution in [0.4, 0.5) is 39.5 Å². The number of urea groups is 1. The summed E-state index contributed by atoms with van der Waals surface area (Å²) in [5.74, 6) is -1.39. The van der Waals surface area contributed by atoms with Gasteiger partial charge in [-0.2, -0.15) is 13.2 Å². The van der Waals surface area contributed by atoms with Gasteiger partial charge in [-0.15, -0.1) is 11.3 Å². The number of halogens is 4. The summed E-state index contributed by atoms with van der Waals surface area (Å²) in [4.78, 5) is 50.2. The minimum absolute atomic E-state index is 0.0468. The molecule has 3 heterocycles. The van der Waals surface area contributed by atoms with Gasteiger partial charge in [-0.3, -0.25) is 9.59 Å². The molecule has 2 aromatic heterocycles. The lowest BCUT2D eigenvalue weighted by Crippen LogP contribution is -2.50. The smallest absolute Gasteiger partial charge is 0.353 e. The van der Waals surface area contributed by atoms with Crippen LogP contribution in [0.15, 0.2) is 72.9 Å². The summed E-state index contributed by atoms with van der Waals surface area (Å²) in [6.07, 6.45) is -3.56. The lowest BCUT2D eigenvalue weighted by Gasteiger charge is -2.35. The van der Waals surface area contributed by atoms with Gasteiger partial charge in [0.25, 0.3) is 11.8 Å². The minimum Gasteiger partial charge on any atom is -0.353 e. The fraction of sp³-hybridized carbons (Fsp3) is 0.233. The summed E-state index contributed by atoms with van der Waals surface area (Å²) < 4.78 is 55.3. The van der Waals surface area contributed by atoms with Crippen molar-refractivity contribution in [2.75, 3.05) is 48.8 Å². The van der Waals surface area contributed by atoms with Gasteiger partial charge in [-0.1, -0.05) is 30.3 Å². The molecule has 5 rings (SSSR count). The SMILES string of the molecule is CN(Cc1nc(C(F)(F)F)c(C(=O)Nc2ccc(N3CCN(C(=O)Nc4ccccc4F)CC3)nc2)s1)C(=O)c1ccccc1. The molecule has 45 heavy (non-hydrogen) atoms. The average Bonchev–Trinajstić information content (AvgIpc) is 3.47. The van der Waals surface area contributed by atoms with Gasteiger partial charge in [-0.25, -0.2) is 19.2 Å². The van der Waals surface area contributed by atoms with E-state index in [0.29, 0.717) is 48.9 Å². The van der Waals surface area contributed by atoms with Gasteiger partial charge < -0.3 is 25.3 Å². The van der Waals surface area contributed by atoms with E-state index in [0.717, 1.165) is 0 Å². The maximum Gasteiger partial charge on any atom is 0.435 e. The lowest BCUT2D eigenvalue weighted by molar-refractivity contribution is -0.141. The summed E-state index contributed by atoms with van der Waals surface area (Å²) in [7, 11) is 1.44. The van der Waals surface area contributed by atoms with E-state index < -0.39 is 40.4 Å². The molecule has 15 heteroatoms. The number of anilines is 3. The molecule has 4 aromatic rings. The molecule has 1 aliphatic heterocycles. The monoisotopic (exact) mass is 641 g/mol. The van der Waals surface area contributed by atoms with E-state index in [1.165, 1.54) is 42.4 Å². The zero-order valence-electron chi connectivity index (χ0n) is 23.8. The van der Waals surface area contributed by atoms with E-state index in [9.17, 15) is 31.9 Å². The highest BCUT2D eigenvalue weighted by molar-refractivity contribution is 7.14. The Balaban J connectivity index is 1.19. The summed E-state index contributed by atoms with van der Waals surface area (Å²) in [5.41, 5.74) is -0.701. The summed E-state index contributed by atoms with van der Waals surface area (Å²) >= 11 is 0.560. The van der Waals surface area contributed by atoms with Gasteiger partial charge in [0, 0.05) is 38.8 Å². The molecule has 4 amide bonds. The zero-order valence-corrected chi connectivity index (χ0v) is 24.7. The highest BCUT2D eigenvalue weighted by Crippen LogP contribution is 2.35. The van der Waals surface area contributed by atoms with Crippen molar-refractivity contribution in [1.29, 1.82) is 0 Å². The Morgan fingerprint density at radius 3 is 2.27 bits per heavy atom. The number of rotatable bonds is 7. The third-order valence-corrected chi connectivity index (χ3v) is 7.94. The lowest BCUT2D eigenvalue weighted by atomic mass is 10.2. The number of piperazine rings is 1. The van der Waals surface area contributed by atoms with Crippen molar-refractivity contribution in [3.05, 3.63) is 99.9 Å². The Bertz CT molecular complexity index is 1680. The molecular weight excluding hydrogens is 614 g/mol. The number of carbonyl (C=O) groups is 3. The highest BCUT2D eigenvalue weighted by Gasteiger charge is 2.40. The summed E-state index contributed by atoms with van der Waals surface area (Å²) in [6.45, 7) is 1.34. The van der Waals surface area contributed by atoms with Crippen molar-refractivity contribution in [2.24, 2.45) is 0 Å². The van der Waals surface area contributed by atoms with Gasteiger partial charge in [0.2, 0.25) is 0 Å². The van der Waals surface area contributed by atoms with Gasteiger partial charge in [0.15, 0.2) is 5.69 Å². The molecule has 1 fully saturated rings. The van der Waals surface area contributed by atoms with Crippen molar-refractivity contribution in [1.82, 2.24) is 19.8 Å². The third kappa shape index (κ3) is 7.55. The largest absolute Gasteiger partial charge is 0.435 e. The number of aromatic nitrogens is 2. The van der Waals surface area contributed by atoms with Crippen molar-refractivity contribution < 1.29 is 31.9 Å². The first-order valence-electron chi connectivity index (χ1n) is 13.7. The molecule has 0 aliphatic carbocycles. The topological polar surface area (TPSA) is 111 Å². The number of carbonyl (C=O) groups excluding carboxylic acids is 3. The van der Waals surface area contributed by atoms with Crippen LogP contribution in [0.25, 0.3) is 0 Å². The first kappa shape index (κ1) is 31.4. The number of hydrogen-bond acceptors (Lipinski definition) is 7. The molecule has 0 unspecified atom stereocenters. The standard InChI is InChI=1S/C30H27F4N7O3S/c1-39(28(43)19-7-3-2-4-8-19)18-24-38-26(30(32,33)34)25(45-24)27(42)36-20-11-12-23(35-17-20)40-13-15-41(16-14-40)29(44)37-22-10-6-5-9-21(22)31/h2-12,17H,13-16,18H2,1H3,(H,36,42)(H,37,44). The first-order chi connectivity index (χ1) is 21.5. The molecule has 2 N–H and O–H groups in total. The van der Waals surface area contributed by atoms with Gasteiger partial charge in [0.05, 0.1) is 24.1 Å². The molecule has 2 aromatic carbocycles. The second kappa shape index (κ2) is 13.3. The maximum atomic E-state index is 13.9. The molecule has 234 valence electrons. The van der Waals surface area contributed by atoms with Crippen molar-refractivity contribution in [3.8, 4) is 0 Å². The molecular formula is C30H27F4N7O3S. The average molecular weight is 642 g/mol. The van der Waals surface area contributed by atoms with Crippen molar-refractivity contribution >= 4 is 46.4 Å². The van der Waals surface area contributed by atoms with E-state index in [-0.39, 0.29) is 22.9 Å². The second-order valence-electron chi connectivity index (χ2n) is 10.1. The Hall–Kier alpha value is -5.05. The van der Waals surface area contributed by atoms with E-state index in [4.69, 9.17) is 0 Å². The molecule has 0 spiro atoms. The van der Waals surface area contributed by atoms with Crippen molar-refractivity contribution in [2.45, 2.75) is 12.7 Å². The van der Waals surface area contributed by atoms with Crippen LogP contribution in [0.2, 0.25) is 0 Å². The molecule has 0 saturated carbocycles. The molecule has 1 aliphatic rings. The van der Waals surface area contributed by atoms with Crippen LogP contribution in [-0.2, 0) is 12.7 Å². The normalized spacial score (nSPS) is 13.4. The number of hydrogen-bond donors (Lipinski definition) is 2. The van der Waals surface area contributed by atoms with Crippen LogP contribution >= 0.6 is 11.3 Å². The molecule has 0 atom stereocenters. The predicted molar refractivity (Wildman–Crippen MR) is 161 cm³/mol. The number of alkyl halides is 3. The minimum atomic E-state index is -4.89. The van der Waals surface area contributed by atoms with E-state index in [1.807, 2.05) is 4.90 Å². The summed E-state index contributed by atoms with van der Waals surface area (Å²) in [6, 6.07) is 16.8. The number of pyridine rings is 1. The zero-order chi connectivity index (χ0) is 32.1. The molecule has 1 saturated heterocycles. The molecule has 0 radical (unpaired) electrons. The second-order valence-corrected chi connectivity index (χ2v) is 11.1. The summed E-state index contributed by atoms with van der Waals surface area (Å²) in [5, 5.41) is 4.95. The Morgan fingerprint density at radius 2 is 1.62 bits per heavy atom. The molecule has 10 nitrogen and oxygen atoms in total. The van der Waals surface area contributed by atoms with E-state index in [1.54, 1.807) is 47.4 Å². The van der Waals surface area contributed by atoms with Crippen LogP contribution in [0, 0.1) is 5.82 Å². The number of benzene rings is 2. The fourth-order valence-electron chi connectivity index (χ4n) is 4.58. The van der Waals surface area contributed by atoms with Crippen LogP contribution in [0.3, 0.4) is 0 Å². The number of amides is 4. The van der Waals surface area contributed by atoms with Crippen LogP contribution in [-0.4, -0.2) is 70.8 Å².